The average Bonchev–Trinajstić information content (AvgIpc) is 3.06. The van der Waals surface area contributed by atoms with Gasteiger partial charge in [-0.05, 0) is 43.7 Å². The third-order valence-electron chi connectivity index (χ3n) is 4.78. The molecule has 0 saturated carbocycles. The fraction of sp³-hybridized carbons (Fsp3) is 0.600. The molecule has 1 aromatic rings. The number of carboxylic acid groups (broad SMARTS) is 1. The molecule has 0 radical (unpaired) electrons. The molecule has 2 amide bonds. The van der Waals surface area contributed by atoms with Gasteiger partial charge in [0.05, 0.1) is 11.5 Å². The Bertz CT molecular complexity index is 585. The van der Waals surface area contributed by atoms with E-state index in [4.69, 9.17) is 0 Å². The van der Waals surface area contributed by atoms with Crippen molar-refractivity contribution in [1.29, 1.82) is 0 Å². The van der Waals surface area contributed by atoms with Crippen molar-refractivity contribution in [3.63, 3.8) is 0 Å². The van der Waals surface area contributed by atoms with Gasteiger partial charge < -0.3 is 14.9 Å². The summed E-state index contributed by atoms with van der Waals surface area (Å²) in [5.41, 5.74) is 0.433. The highest BCUT2D eigenvalue weighted by molar-refractivity contribution is 7.10. The molecule has 0 bridgehead atoms. The Balaban J connectivity index is 1.74. The first-order chi connectivity index (χ1) is 9.92. The van der Waals surface area contributed by atoms with E-state index in [0.29, 0.717) is 26.1 Å². The van der Waals surface area contributed by atoms with Crippen molar-refractivity contribution in [3.8, 4) is 0 Å². The molecule has 1 fully saturated rings. The lowest BCUT2D eigenvalue weighted by Gasteiger charge is -2.36. The summed E-state index contributed by atoms with van der Waals surface area (Å²) < 4.78 is 0. The van der Waals surface area contributed by atoms with Crippen molar-refractivity contribution >= 4 is 23.3 Å². The number of hydrogen-bond donors (Lipinski definition) is 1. The van der Waals surface area contributed by atoms with E-state index in [-0.39, 0.29) is 12.1 Å². The van der Waals surface area contributed by atoms with Crippen LogP contribution in [-0.4, -0.2) is 46.5 Å². The number of aliphatic carboxylic acids is 1. The number of rotatable bonds is 1. The normalized spacial score (nSPS) is 28.6. The van der Waals surface area contributed by atoms with Gasteiger partial charge in [-0.15, -0.1) is 11.3 Å². The Morgan fingerprint density at radius 3 is 2.86 bits per heavy atom. The van der Waals surface area contributed by atoms with Crippen LogP contribution in [-0.2, 0) is 11.2 Å². The number of fused-ring (bicyclic) bond motifs is 1. The maximum absolute atomic E-state index is 12.7. The minimum absolute atomic E-state index is 0.0238. The van der Waals surface area contributed by atoms with Crippen LogP contribution < -0.4 is 0 Å². The number of thiophene rings is 1. The van der Waals surface area contributed by atoms with Crippen molar-refractivity contribution in [1.82, 2.24) is 9.80 Å². The molecule has 1 aromatic heterocycles. The molecule has 2 atom stereocenters. The van der Waals surface area contributed by atoms with E-state index < -0.39 is 11.4 Å². The molecule has 3 rings (SSSR count). The van der Waals surface area contributed by atoms with E-state index in [9.17, 15) is 14.7 Å². The lowest BCUT2D eigenvalue weighted by molar-refractivity contribution is -0.147. The largest absolute Gasteiger partial charge is 0.481 e. The second kappa shape index (κ2) is 5.02. The van der Waals surface area contributed by atoms with Crippen molar-refractivity contribution < 1.29 is 14.7 Å². The molecule has 1 saturated heterocycles. The fourth-order valence-electron chi connectivity index (χ4n) is 3.25. The van der Waals surface area contributed by atoms with E-state index in [0.717, 1.165) is 6.42 Å². The van der Waals surface area contributed by atoms with Crippen molar-refractivity contribution in [2.75, 3.05) is 19.6 Å². The van der Waals surface area contributed by atoms with Crippen LogP contribution in [0.25, 0.3) is 0 Å². The maximum atomic E-state index is 12.7. The highest BCUT2D eigenvalue weighted by Gasteiger charge is 2.44. The van der Waals surface area contributed by atoms with Crippen LogP contribution in [0, 0.1) is 5.41 Å². The lowest BCUT2D eigenvalue weighted by atomic mass is 9.90. The van der Waals surface area contributed by atoms with Crippen molar-refractivity contribution in [2.24, 2.45) is 5.41 Å². The quantitative estimate of drug-likeness (QED) is 0.867. The van der Waals surface area contributed by atoms with Gasteiger partial charge in [0, 0.05) is 24.5 Å². The zero-order valence-corrected chi connectivity index (χ0v) is 13.2. The van der Waals surface area contributed by atoms with E-state index in [1.807, 2.05) is 4.90 Å². The van der Waals surface area contributed by atoms with Gasteiger partial charge in [-0.1, -0.05) is 0 Å². The Labute approximate surface area is 128 Å². The Hall–Kier alpha value is -1.56. The highest BCUT2D eigenvalue weighted by atomic mass is 32.1. The first-order valence-electron chi connectivity index (χ1n) is 7.27. The molecule has 3 heterocycles. The number of carbonyl (C=O) groups is 2. The van der Waals surface area contributed by atoms with Crippen LogP contribution in [0.15, 0.2) is 11.4 Å². The molecule has 1 N–H and O–H groups in total. The van der Waals surface area contributed by atoms with Crippen molar-refractivity contribution in [2.45, 2.75) is 32.7 Å². The summed E-state index contributed by atoms with van der Waals surface area (Å²) in [6.45, 7) is 5.32. The number of amides is 2. The smallest absolute Gasteiger partial charge is 0.320 e. The second-order valence-corrected chi connectivity index (χ2v) is 7.24. The van der Waals surface area contributed by atoms with E-state index in [1.165, 1.54) is 10.4 Å². The van der Waals surface area contributed by atoms with Gasteiger partial charge in [-0.25, -0.2) is 4.79 Å². The van der Waals surface area contributed by atoms with E-state index in [1.54, 1.807) is 23.2 Å². The fourth-order valence-corrected chi connectivity index (χ4v) is 4.21. The molecule has 2 unspecified atom stereocenters. The van der Waals surface area contributed by atoms with Crippen molar-refractivity contribution in [3.05, 3.63) is 21.9 Å². The van der Waals surface area contributed by atoms with Gasteiger partial charge in [0.2, 0.25) is 0 Å². The number of likely N-dealkylation sites (tertiary alicyclic amines) is 1. The molecule has 114 valence electrons. The van der Waals surface area contributed by atoms with Gasteiger partial charge in [0.15, 0.2) is 0 Å². The average molecular weight is 308 g/mol. The molecule has 6 heteroatoms. The van der Waals surface area contributed by atoms with Gasteiger partial charge >= 0.3 is 12.0 Å². The lowest BCUT2D eigenvalue weighted by Crippen LogP contribution is -2.46. The highest BCUT2D eigenvalue weighted by Crippen LogP contribution is 2.36. The summed E-state index contributed by atoms with van der Waals surface area (Å²) in [5, 5.41) is 11.4. The molecule has 2 aliphatic rings. The Morgan fingerprint density at radius 2 is 2.19 bits per heavy atom. The van der Waals surface area contributed by atoms with Crippen LogP contribution in [0.4, 0.5) is 4.79 Å². The molecule has 5 nitrogen and oxygen atoms in total. The minimum Gasteiger partial charge on any atom is -0.481 e. The molecule has 21 heavy (non-hydrogen) atoms. The minimum atomic E-state index is -0.815. The standard InChI is InChI=1S/C15H20N2O3S/c1-10-11-4-8-21-12(11)3-6-17(10)14(20)16-7-5-15(2,9-16)13(18)19/h4,8,10H,3,5-7,9H2,1-2H3,(H,18,19). The summed E-state index contributed by atoms with van der Waals surface area (Å²) >= 11 is 1.75. The second-order valence-electron chi connectivity index (χ2n) is 6.24. The first kappa shape index (κ1) is 14.4. The molecule has 0 aliphatic carbocycles. The maximum Gasteiger partial charge on any atom is 0.320 e. The Kier molecular flexibility index (Phi) is 3.43. The van der Waals surface area contributed by atoms with Crippen LogP contribution in [0.5, 0.6) is 0 Å². The topological polar surface area (TPSA) is 60.9 Å². The number of carboxylic acids is 1. The first-order valence-corrected chi connectivity index (χ1v) is 8.15. The molecule has 2 aliphatic heterocycles. The monoisotopic (exact) mass is 308 g/mol. The summed E-state index contributed by atoms with van der Waals surface area (Å²) in [5.74, 6) is -0.815. The number of nitrogens with zero attached hydrogens (tertiary/aromatic N) is 2. The van der Waals surface area contributed by atoms with Gasteiger partial charge in [-0.2, -0.15) is 0 Å². The third-order valence-corrected chi connectivity index (χ3v) is 5.78. The predicted octanol–water partition coefficient (Wildman–Crippen LogP) is 2.58. The van der Waals surface area contributed by atoms with Crippen LogP contribution in [0.3, 0.4) is 0 Å². The summed E-state index contributed by atoms with van der Waals surface area (Å²) in [6, 6.07) is 2.14. The van der Waals surface area contributed by atoms with Crippen LogP contribution in [0.2, 0.25) is 0 Å². The molecule has 0 spiro atoms. The molecular weight excluding hydrogens is 288 g/mol. The SMILES string of the molecule is CC1c2ccsc2CCN1C(=O)N1CCC(C)(C(=O)O)C1. The Morgan fingerprint density at radius 1 is 1.43 bits per heavy atom. The third kappa shape index (κ3) is 2.31. The summed E-state index contributed by atoms with van der Waals surface area (Å²) in [4.78, 5) is 29.0. The number of hydrogen-bond acceptors (Lipinski definition) is 3. The van der Waals surface area contributed by atoms with Gasteiger partial charge in [-0.3, -0.25) is 4.79 Å². The predicted molar refractivity (Wildman–Crippen MR) is 80.5 cm³/mol. The van der Waals surface area contributed by atoms with E-state index in [2.05, 4.69) is 18.4 Å². The van der Waals surface area contributed by atoms with E-state index >= 15 is 0 Å². The zero-order valence-electron chi connectivity index (χ0n) is 12.3. The van der Waals surface area contributed by atoms with Gasteiger partial charge in [0.1, 0.15) is 0 Å². The van der Waals surface area contributed by atoms with Crippen LogP contribution >= 0.6 is 11.3 Å². The molecule has 0 aromatic carbocycles. The number of urea groups is 1. The summed E-state index contributed by atoms with van der Waals surface area (Å²) in [6.07, 6.45) is 1.42. The van der Waals surface area contributed by atoms with Gasteiger partial charge in [0.25, 0.3) is 0 Å². The van der Waals surface area contributed by atoms with Crippen LogP contribution in [0.1, 0.15) is 36.8 Å². The molecular formula is C15H20N2O3S. The number of carbonyl (C=O) groups excluding carboxylic acids is 1. The zero-order chi connectivity index (χ0) is 15.2. The summed E-state index contributed by atoms with van der Waals surface area (Å²) in [7, 11) is 0.